The highest BCUT2D eigenvalue weighted by molar-refractivity contribution is 6.13. The molecule has 86 valence electrons. The Morgan fingerprint density at radius 3 is 2.47 bits per heavy atom. The highest BCUT2D eigenvalue weighted by Crippen LogP contribution is 2.33. The molecule has 0 radical (unpaired) electrons. The second-order valence-corrected chi connectivity index (χ2v) is 4.55. The molecule has 2 heteroatoms. The Morgan fingerprint density at radius 1 is 0.941 bits per heavy atom. The third-order valence-electron chi connectivity index (χ3n) is 3.48. The summed E-state index contributed by atoms with van der Waals surface area (Å²) in [7, 11) is 1.96. The second-order valence-electron chi connectivity index (χ2n) is 4.55. The third kappa shape index (κ3) is 1.34. The van der Waals surface area contributed by atoms with Gasteiger partial charge in [0, 0.05) is 23.3 Å². The van der Waals surface area contributed by atoms with Gasteiger partial charge in [-0.25, -0.2) is 0 Å². The van der Waals surface area contributed by atoms with Crippen LogP contribution in [0.2, 0.25) is 0 Å². The van der Waals surface area contributed by atoms with Crippen LogP contribution in [-0.4, -0.2) is 12.0 Å². The van der Waals surface area contributed by atoms with Crippen molar-refractivity contribution in [2.75, 3.05) is 12.4 Å². The van der Waals surface area contributed by atoms with Crippen molar-refractivity contribution >= 4 is 27.5 Å². The molecule has 3 rings (SSSR count). The molecule has 2 aromatic carbocycles. The van der Waals surface area contributed by atoms with Gasteiger partial charge in [-0.15, -0.1) is 0 Å². The lowest BCUT2D eigenvalue weighted by Crippen LogP contribution is -1.88. The largest absolute Gasteiger partial charge is 0.386 e. The molecule has 17 heavy (non-hydrogen) atoms. The molecule has 0 aliphatic carbocycles. The molecule has 0 atom stereocenters. The Bertz CT molecular complexity index is 708. The number of aromatic nitrogens is 1. The minimum atomic E-state index is 1.15. The summed E-state index contributed by atoms with van der Waals surface area (Å²) in [6.45, 7) is 4.32. The van der Waals surface area contributed by atoms with Gasteiger partial charge >= 0.3 is 0 Å². The summed E-state index contributed by atoms with van der Waals surface area (Å²) in [6, 6.07) is 10.7. The van der Waals surface area contributed by atoms with E-state index in [1.54, 1.807) is 0 Å². The van der Waals surface area contributed by atoms with Crippen LogP contribution in [0.5, 0.6) is 0 Å². The SMILES string of the molecule is CNc1cccc2c1[nH]c1c(C)ccc(C)c12. The van der Waals surface area contributed by atoms with Gasteiger partial charge in [0.15, 0.2) is 0 Å². The van der Waals surface area contributed by atoms with Gasteiger partial charge in [-0.1, -0.05) is 24.3 Å². The molecular weight excluding hydrogens is 208 g/mol. The Labute approximate surface area is 101 Å². The predicted molar refractivity (Wildman–Crippen MR) is 74.8 cm³/mol. The van der Waals surface area contributed by atoms with E-state index < -0.39 is 0 Å². The van der Waals surface area contributed by atoms with Gasteiger partial charge in [0.2, 0.25) is 0 Å². The highest BCUT2D eigenvalue weighted by Gasteiger charge is 2.10. The first kappa shape index (κ1) is 10.2. The van der Waals surface area contributed by atoms with E-state index in [0.717, 1.165) is 5.69 Å². The van der Waals surface area contributed by atoms with Crippen LogP contribution in [0.4, 0.5) is 5.69 Å². The Morgan fingerprint density at radius 2 is 1.71 bits per heavy atom. The molecule has 2 nitrogen and oxygen atoms in total. The summed E-state index contributed by atoms with van der Waals surface area (Å²) >= 11 is 0. The molecule has 2 N–H and O–H groups in total. The lowest BCUT2D eigenvalue weighted by Gasteiger charge is -2.01. The fourth-order valence-electron chi connectivity index (χ4n) is 2.55. The van der Waals surface area contributed by atoms with Gasteiger partial charge in [0.05, 0.1) is 11.2 Å². The smallest absolute Gasteiger partial charge is 0.0700 e. The topological polar surface area (TPSA) is 27.8 Å². The molecule has 0 saturated heterocycles. The molecule has 1 aromatic heterocycles. The number of aryl methyl sites for hydroxylation is 2. The predicted octanol–water partition coefficient (Wildman–Crippen LogP) is 3.98. The van der Waals surface area contributed by atoms with Crippen molar-refractivity contribution in [3.05, 3.63) is 41.5 Å². The van der Waals surface area contributed by atoms with Crippen molar-refractivity contribution < 1.29 is 0 Å². The lowest BCUT2D eigenvalue weighted by molar-refractivity contribution is 1.42. The fraction of sp³-hybridized carbons (Fsp3) is 0.200. The van der Waals surface area contributed by atoms with Crippen molar-refractivity contribution in [3.8, 4) is 0 Å². The number of fused-ring (bicyclic) bond motifs is 3. The Hall–Kier alpha value is -1.96. The van der Waals surface area contributed by atoms with Gasteiger partial charge in [0.25, 0.3) is 0 Å². The molecule has 0 amide bonds. The Kier molecular flexibility index (Phi) is 2.11. The van der Waals surface area contributed by atoms with Crippen LogP contribution >= 0.6 is 0 Å². The highest BCUT2D eigenvalue weighted by atomic mass is 14.9. The van der Waals surface area contributed by atoms with Crippen LogP contribution in [0.25, 0.3) is 21.8 Å². The first-order chi connectivity index (χ1) is 8.22. The quantitative estimate of drug-likeness (QED) is 0.643. The summed E-state index contributed by atoms with van der Waals surface area (Å²) in [6.07, 6.45) is 0. The number of para-hydroxylation sites is 1. The second kappa shape index (κ2) is 3.52. The number of H-pyrrole nitrogens is 1. The van der Waals surface area contributed by atoms with Gasteiger partial charge in [-0.2, -0.15) is 0 Å². The maximum atomic E-state index is 3.54. The molecule has 0 aliphatic rings. The van der Waals surface area contributed by atoms with Crippen LogP contribution in [0.3, 0.4) is 0 Å². The summed E-state index contributed by atoms with van der Waals surface area (Å²) in [5.41, 5.74) is 6.22. The van der Waals surface area contributed by atoms with Crippen LogP contribution in [0, 0.1) is 13.8 Å². The van der Waals surface area contributed by atoms with Crippen LogP contribution < -0.4 is 5.32 Å². The van der Waals surface area contributed by atoms with Crippen molar-refractivity contribution in [1.29, 1.82) is 0 Å². The monoisotopic (exact) mass is 224 g/mol. The van der Waals surface area contributed by atoms with Gasteiger partial charge in [-0.3, -0.25) is 0 Å². The zero-order valence-electron chi connectivity index (χ0n) is 10.4. The lowest BCUT2D eigenvalue weighted by atomic mass is 10.0. The first-order valence-corrected chi connectivity index (χ1v) is 5.90. The summed E-state index contributed by atoms with van der Waals surface area (Å²) in [5.74, 6) is 0. The summed E-state index contributed by atoms with van der Waals surface area (Å²) in [4.78, 5) is 3.54. The average molecular weight is 224 g/mol. The number of hydrogen-bond acceptors (Lipinski definition) is 1. The zero-order valence-corrected chi connectivity index (χ0v) is 10.4. The summed E-state index contributed by atoms with van der Waals surface area (Å²) in [5, 5.41) is 5.88. The molecule has 0 aliphatic heterocycles. The van der Waals surface area contributed by atoms with E-state index in [0.29, 0.717) is 0 Å². The number of hydrogen-bond donors (Lipinski definition) is 2. The van der Waals surface area contributed by atoms with E-state index >= 15 is 0 Å². The molecule has 0 spiro atoms. The zero-order chi connectivity index (χ0) is 12.0. The molecule has 0 fully saturated rings. The van der Waals surface area contributed by atoms with Crippen LogP contribution in [0.15, 0.2) is 30.3 Å². The average Bonchev–Trinajstić information content (AvgIpc) is 2.74. The van der Waals surface area contributed by atoms with Crippen molar-refractivity contribution in [2.45, 2.75) is 13.8 Å². The third-order valence-corrected chi connectivity index (χ3v) is 3.48. The van der Waals surface area contributed by atoms with Crippen molar-refractivity contribution in [1.82, 2.24) is 4.98 Å². The van der Waals surface area contributed by atoms with Gasteiger partial charge in [-0.05, 0) is 31.0 Å². The normalized spacial score (nSPS) is 11.2. The standard InChI is InChI=1S/C15H16N2/c1-9-7-8-10(2)14-13(9)11-5-4-6-12(16-3)15(11)17-14/h4-8,16-17H,1-3H3. The van der Waals surface area contributed by atoms with Gasteiger partial charge in [0.1, 0.15) is 0 Å². The van der Waals surface area contributed by atoms with E-state index in [1.165, 1.54) is 32.9 Å². The summed E-state index contributed by atoms with van der Waals surface area (Å²) < 4.78 is 0. The number of rotatable bonds is 1. The van der Waals surface area contributed by atoms with E-state index in [9.17, 15) is 0 Å². The van der Waals surface area contributed by atoms with E-state index in [-0.39, 0.29) is 0 Å². The number of anilines is 1. The maximum absolute atomic E-state index is 3.54. The molecule has 3 aromatic rings. The fourth-order valence-corrected chi connectivity index (χ4v) is 2.55. The molecular formula is C15H16N2. The first-order valence-electron chi connectivity index (χ1n) is 5.90. The van der Waals surface area contributed by atoms with Crippen LogP contribution in [-0.2, 0) is 0 Å². The number of aromatic amines is 1. The molecule has 0 unspecified atom stereocenters. The van der Waals surface area contributed by atoms with E-state index in [4.69, 9.17) is 0 Å². The number of benzene rings is 2. The minimum absolute atomic E-state index is 1.15. The van der Waals surface area contributed by atoms with Gasteiger partial charge < -0.3 is 10.3 Å². The minimum Gasteiger partial charge on any atom is -0.386 e. The van der Waals surface area contributed by atoms with Crippen molar-refractivity contribution in [3.63, 3.8) is 0 Å². The van der Waals surface area contributed by atoms with E-state index in [2.05, 4.69) is 54.5 Å². The molecule has 0 saturated carbocycles. The number of nitrogens with one attached hydrogen (secondary N) is 2. The molecule has 0 bridgehead atoms. The Balaban J connectivity index is 2.58. The molecule has 1 heterocycles. The van der Waals surface area contributed by atoms with Crippen molar-refractivity contribution in [2.24, 2.45) is 0 Å². The van der Waals surface area contributed by atoms with Crippen LogP contribution in [0.1, 0.15) is 11.1 Å². The maximum Gasteiger partial charge on any atom is 0.0700 e. The van der Waals surface area contributed by atoms with E-state index in [1.807, 2.05) is 7.05 Å².